The van der Waals surface area contributed by atoms with Gasteiger partial charge in [0.25, 0.3) is 0 Å². The van der Waals surface area contributed by atoms with Gasteiger partial charge in [0.1, 0.15) is 11.9 Å². The maximum absolute atomic E-state index is 13.3. The van der Waals surface area contributed by atoms with Gasteiger partial charge >= 0.3 is 0 Å². The summed E-state index contributed by atoms with van der Waals surface area (Å²) in [6.45, 7) is 2.34. The van der Waals surface area contributed by atoms with Crippen LogP contribution in [0, 0.1) is 5.82 Å². The lowest BCUT2D eigenvalue weighted by atomic mass is 10.0. The number of likely N-dealkylation sites (tertiary alicyclic amines) is 1. The highest BCUT2D eigenvalue weighted by molar-refractivity contribution is 5.89. The summed E-state index contributed by atoms with van der Waals surface area (Å²) in [5, 5.41) is 13.2. The minimum Gasteiger partial charge on any atom is -0.393 e. The standard InChI is InChI=1S/C18H22FN3O3/c1-11(23)21-17(18(25)22-6-4-14(24)5-7-22)8-12-10-20-16-9-13(19)2-3-15(12)16/h2-3,9-10,14,17,20,24H,4-8H2,1H3,(H,21,23). The molecule has 1 fully saturated rings. The molecule has 7 heteroatoms. The average Bonchev–Trinajstić information content (AvgIpc) is 2.96. The summed E-state index contributed by atoms with van der Waals surface area (Å²) in [5.74, 6) is -0.762. The summed E-state index contributed by atoms with van der Waals surface area (Å²) in [6, 6.07) is 3.76. The molecule has 2 aromatic rings. The van der Waals surface area contributed by atoms with Crippen LogP contribution in [0.15, 0.2) is 24.4 Å². The molecule has 1 saturated heterocycles. The van der Waals surface area contributed by atoms with Crippen LogP contribution in [0.5, 0.6) is 0 Å². The zero-order chi connectivity index (χ0) is 18.0. The molecule has 6 nitrogen and oxygen atoms in total. The number of hydrogen-bond acceptors (Lipinski definition) is 3. The van der Waals surface area contributed by atoms with E-state index >= 15 is 0 Å². The number of piperidine rings is 1. The third kappa shape index (κ3) is 3.99. The number of nitrogens with zero attached hydrogens (tertiary/aromatic N) is 1. The Labute approximate surface area is 145 Å². The first-order valence-electron chi connectivity index (χ1n) is 8.43. The fourth-order valence-electron chi connectivity index (χ4n) is 3.30. The van der Waals surface area contributed by atoms with Crippen LogP contribution < -0.4 is 5.32 Å². The fraction of sp³-hybridized carbons (Fsp3) is 0.444. The Morgan fingerprint density at radius 3 is 2.80 bits per heavy atom. The monoisotopic (exact) mass is 347 g/mol. The molecule has 0 radical (unpaired) electrons. The maximum atomic E-state index is 13.3. The zero-order valence-electron chi connectivity index (χ0n) is 14.1. The molecule has 25 heavy (non-hydrogen) atoms. The highest BCUT2D eigenvalue weighted by Gasteiger charge is 2.29. The molecule has 134 valence electrons. The van der Waals surface area contributed by atoms with E-state index in [1.165, 1.54) is 19.1 Å². The number of rotatable bonds is 4. The SMILES string of the molecule is CC(=O)NC(Cc1c[nH]c2cc(F)ccc12)C(=O)N1CCC(O)CC1. The molecule has 1 atom stereocenters. The number of fused-ring (bicyclic) bond motifs is 1. The number of benzene rings is 1. The lowest BCUT2D eigenvalue weighted by Gasteiger charge is -2.32. The summed E-state index contributed by atoms with van der Waals surface area (Å²) in [4.78, 5) is 29.1. The molecule has 0 saturated carbocycles. The van der Waals surface area contributed by atoms with Gasteiger partial charge in [-0.25, -0.2) is 4.39 Å². The van der Waals surface area contributed by atoms with E-state index < -0.39 is 6.04 Å². The number of carbonyl (C=O) groups is 2. The second kappa shape index (κ2) is 7.23. The summed E-state index contributed by atoms with van der Waals surface area (Å²) >= 11 is 0. The smallest absolute Gasteiger partial charge is 0.245 e. The van der Waals surface area contributed by atoms with Crippen LogP contribution in [0.3, 0.4) is 0 Å². The van der Waals surface area contributed by atoms with Gasteiger partial charge in [-0.3, -0.25) is 9.59 Å². The molecule has 1 aliphatic rings. The zero-order valence-corrected chi connectivity index (χ0v) is 14.1. The van der Waals surface area contributed by atoms with Gasteiger partial charge in [0.05, 0.1) is 6.10 Å². The van der Waals surface area contributed by atoms with Gasteiger partial charge in [0.15, 0.2) is 0 Å². The molecular formula is C18H22FN3O3. The Kier molecular flexibility index (Phi) is 5.03. The van der Waals surface area contributed by atoms with Crippen molar-refractivity contribution in [2.45, 2.75) is 38.3 Å². The molecule has 0 bridgehead atoms. The normalized spacial score (nSPS) is 16.8. The number of aromatic nitrogens is 1. The molecule has 3 rings (SSSR count). The van der Waals surface area contributed by atoms with Gasteiger partial charge in [0, 0.05) is 43.5 Å². The van der Waals surface area contributed by atoms with Crippen molar-refractivity contribution in [3.8, 4) is 0 Å². The summed E-state index contributed by atoms with van der Waals surface area (Å²) < 4.78 is 13.3. The van der Waals surface area contributed by atoms with E-state index in [9.17, 15) is 19.1 Å². The molecular weight excluding hydrogens is 325 g/mol. The lowest BCUT2D eigenvalue weighted by Crippen LogP contribution is -2.51. The van der Waals surface area contributed by atoms with E-state index in [0.717, 1.165) is 10.9 Å². The van der Waals surface area contributed by atoms with Crippen molar-refractivity contribution in [1.82, 2.24) is 15.2 Å². The third-order valence-electron chi connectivity index (χ3n) is 4.61. The van der Waals surface area contributed by atoms with Crippen molar-refractivity contribution in [3.63, 3.8) is 0 Å². The van der Waals surface area contributed by atoms with Crippen molar-refractivity contribution in [1.29, 1.82) is 0 Å². The van der Waals surface area contributed by atoms with E-state index in [2.05, 4.69) is 10.3 Å². The van der Waals surface area contributed by atoms with Crippen LogP contribution in [0.25, 0.3) is 10.9 Å². The van der Waals surface area contributed by atoms with Crippen molar-refractivity contribution in [2.24, 2.45) is 0 Å². The molecule has 2 heterocycles. The van der Waals surface area contributed by atoms with E-state index in [4.69, 9.17) is 0 Å². The first-order chi connectivity index (χ1) is 11.9. The summed E-state index contributed by atoms with van der Waals surface area (Å²) in [5.41, 5.74) is 1.50. The van der Waals surface area contributed by atoms with Gasteiger partial charge in [0.2, 0.25) is 11.8 Å². The van der Waals surface area contributed by atoms with Gasteiger partial charge in [-0.1, -0.05) is 0 Å². The fourth-order valence-corrected chi connectivity index (χ4v) is 3.30. The Morgan fingerprint density at radius 1 is 1.40 bits per heavy atom. The number of H-pyrrole nitrogens is 1. The van der Waals surface area contributed by atoms with Gasteiger partial charge in [-0.05, 0) is 36.6 Å². The minimum absolute atomic E-state index is 0.154. The summed E-state index contributed by atoms with van der Waals surface area (Å²) in [6.07, 6.45) is 2.79. The largest absolute Gasteiger partial charge is 0.393 e. The molecule has 1 aromatic heterocycles. The number of halogens is 1. The quantitative estimate of drug-likeness (QED) is 0.780. The Bertz CT molecular complexity index is 781. The van der Waals surface area contributed by atoms with Crippen LogP contribution in [-0.4, -0.2) is 52.0 Å². The molecule has 0 spiro atoms. The van der Waals surface area contributed by atoms with Crippen LogP contribution >= 0.6 is 0 Å². The number of hydrogen-bond donors (Lipinski definition) is 3. The predicted octanol–water partition coefficient (Wildman–Crippen LogP) is 1.34. The average molecular weight is 347 g/mol. The van der Waals surface area contributed by atoms with Crippen molar-refractivity contribution < 1.29 is 19.1 Å². The number of aliphatic hydroxyl groups excluding tert-OH is 1. The molecule has 1 aliphatic heterocycles. The Balaban J connectivity index is 1.80. The van der Waals surface area contributed by atoms with Crippen LogP contribution in [0.2, 0.25) is 0 Å². The Hall–Kier alpha value is -2.41. The molecule has 1 unspecified atom stereocenters. The maximum Gasteiger partial charge on any atom is 0.245 e. The number of aromatic amines is 1. The minimum atomic E-state index is -0.684. The third-order valence-corrected chi connectivity index (χ3v) is 4.61. The van der Waals surface area contributed by atoms with Gasteiger partial charge in [-0.2, -0.15) is 0 Å². The predicted molar refractivity (Wildman–Crippen MR) is 91.4 cm³/mol. The lowest BCUT2D eigenvalue weighted by molar-refractivity contribution is -0.137. The highest BCUT2D eigenvalue weighted by atomic mass is 19.1. The Morgan fingerprint density at radius 2 is 2.12 bits per heavy atom. The van der Waals surface area contributed by atoms with Crippen LogP contribution in [0.4, 0.5) is 4.39 Å². The van der Waals surface area contributed by atoms with Crippen molar-refractivity contribution in [3.05, 3.63) is 35.8 Å². The second-order valence-electron chi connectivity index (χ2n) is 6.52. The van der Waals surface area contributed by atoms with Gasteiger partial charge in [-0.15, -0.1) is 0 Å². The van der Waals surface area contributed by atoms with Crippen LogP contribution in [0.1, 0.15) is 25.3 Å². The number of aliphatic hydroxyl groups is 1. The van der Waals surface area contributed by atoms with Crippen molar-refractivity contribution in [2.75, 3.05) is 13.1 Å². The molecule has 0 aliphatic carbocycles. The van der Waals surface area contributed by atoms with E-state index in [1.807, 2.05) is 0 Å². The van der Waals surface area contributed by atoms with Crippen LogP contribution in [-0.2, 0) is 16.0 Å². The molecule has 2 amide bonds. The van der Waals surface area contributed by atoms with Gasteiger partial charge < -0.3 is 20.3 Å². The molecule has 3 N–H and O–H groups in total. The number of nitrogens with one attached hydrogen (secondary N) is 2. The van der Waals surface area contributed by atoms with Crippen molar-refractivity contribution >= 4 is 22.7 Å². The van der Waals surface area contributed by atoms with E-state index in [1.54, 1.807) is 17.2 Å². The van der Waals surface area contributed by atoms with E-state index in [-0.39, 0.29) is 23.7 Å². The number of carbonyl (C=O) groups excluding carboxylic acids is 2. The molecule has 1 aromatic carbocycles. The number of amides is 2. The summed E-state index contributed by atoms with van der Waals surface area (Å²) in [7, 11) is 0. The topological polar surface area (TPSA) is 85.4 Å². The van der Waals surface area contributed by atoms with E-state index in [0.29, 0.717) is 37.9 Å². The first kappa shape index (κ1) is 17.4. The highest BCUT2D eigenvalue weighted by Crippen LogP contribution is 2.21. The second-order valence-corrected chi connectivity index (χ2v) is 6.52. The first-order valence-corrected chi connectivity index (χ1v) is 8.43.